The summed E-state index contributed by atoms with van der Waals surface area (Å²) in [5.41, 5.74) is 0.565. The molecule has 0 saturated heterocycles. The SMILES string of the molecule is O=C(CNCCCO)Nc1ccc(F)cc1. The first-order valence-electron chi connectivity index (χ1n) is 5.09. The molecule has 0 radical (unpaired) electrons. The van der Waals surface area contributed by atoms with Crippen LogP contribution >= 0.6 is 0 Å². The lowest BCUT2D eigenvalue weighted by Gasteiger charge is -2.05. The topological polar surface area (TPSA) is 61.4 Å². The van der Waals surface area contributed by atoms with Gasteiger partial charge in [0.15, 0.2) is 0 Å². The van der Waals surface area contributed by atoms with E-state index < -0.39 is 0 Å². The largest absolute Gasteiger partial charge is 0.396 e. The highest BCUT2D eigenvalue weighted by atomic mass is 19.1. The van der Waals surface area contributed by atoms with Gasteiger partial charge in [-0.1, -0.05) is 0 Å². The number of hydrogen-bond acceptors (Lipinski definition) is 3. The van der Waals surface area contributed by atoms with E-state index in [4.69, 9.17) is 5.11 Å². The van der Waals surface area contributed by atoms with Crippen LogP contribution in [0.3, 0.4) is 0 Å². The van der Waals surface area contributed by atoms with Crippen molar-refractivity contribution in [3.8, 4) is 0 Å². The van der Waals surface area contributed by atoms with Gasteiger partial charge in [-0.3, -0.25) is 4.79 Å². The van der Waals surface area contributed by atoms with Gasteiger partial charge in [-0.15, -0.1) is 0 Å². The molecule has 0 aliphatic carbocycles. The van der Waals surface area contributed by atoms with E-state index >= 15 is 0 Å². The summed E-state index contributed by atoms with van der Waals surface area (Å²) in [5, 5.41) is 14.0. The van der Waals surface area contributed by atoms with E-state index in [1.807, 2.05) is 0 Å². The Morgan fingerprint density at radius 2 is 2.00 bits per heavy atom. The maximum atomic E-state index is 12.6. The molecule has 16 heavy (non-hydrogen) atoms. The number of benzene rings is 1. The summed E-state index contributed by atoms with van der Waals surface area (Å²) in [5.74, 6) is -0.524. The van der Waals surface area contributed by atoms with Gasteiger partial charge in [0.2, 0.25) is 5.91 Å². The van der Waals surface area contributed by atoms with Gasteiger partial charge < -0.3 is 15.7 Å². The second kappa shape index (κ2) is 6.92. The van der Waals surface area contributed by atoms with Crippen LogP contribution in [0.5, 0.6) is 0 Å². The van der Waals surface area contributed by atoms with E-state index in [2.05, 4.69) is 10.6 Å². The third-order valence-electron chi connectivity index (χ3n) is 1.93. The van der Waals surface area contributed by atoms with Crippen molar-refractivity contribution < 1.29 is 14.3 Å². The highest BCUT2D eigenvalue weighted by molar-refractivity contribution is 5.92. The van der Waals surface area contributed by atoms with Crippen LogP contribution in [0.25, 0.3) is 0 Å². The number of hydrogen-bond donors (Lipinski definition) is 3. The van der Waals surface area contributed by atoms with Crippen molar-refractivity contribution in [2.75, 3.05) is 25.0 Å². The predicted octanol–water partition coefficient (Wildman–Crippen LogP) is 0.736. The quantitative estimate of drug-likeness (QED) is 0.627. The first-order chi connectivity index (χ1) is 7.72. The molecule has 0 aliphatic rings. The minimum Gasteiger partial charge on any atom is -0.396 e. The monoisotopic (exact) mass is 226 g/mol. The highest BCUT2D eigenvalue weighted by Crippen LogP contribution is 2.07. The summed E-state index contributed by atoms with van der Waals surface area (Å²) in [6, 6.07) is 5.57. The van der Waals surface area contributed by atoms with Crippen molar-refractivity contribution in [2.45, 2.75) is 6.42 Å². The molecule has 5 heteroatoms. The van der Waals surface area contributed by atoms with Crippen LogP contribution in [-0.4, -0.2) is 30.7 Å². The molecule has 3 N–H and O–H groups in total. The van der Waals surface area contributed by atoms with Crippen LogP contribution < -0.4 is 10.6 Å². The first-order valence-corrected chi connectivity index (χ1v) is 5.09. The highest BCUT2D eigenvalue weighted by Gasteiger charge is 2.01. The average molecular weight is 226 g/mol. The Labute approximate surface area is 93.5 Å². The second-order valence-corrected chi connectivity index (χ2v) is 3.31. The van der Waals surface area contributed by atoms with E-state index in [1.54, 1.807) is 0 Å². The molecule has 1 aromatic rings. The molecule has 0 unspecified atom stereocenters. The van der Waals surface area contributed by atoms with Gasteiger partial charge in [-0.05, 0) is 37.2 Å². The molecule has 0 spiro atoms. The smallest absolute Gasteiger partial charge is 0.238 e. The van der Waals surface area contributed by atoms with Crippen LogP contribution in [-0.2, 0) is 4.79 Å². The summed E-state index contributed by atoms with van der Waals surface area (Å²) < 4.78 is 12.6. The maximum Gasteiger partial charge on any atom is 0.238 e. The van der Waals surface area contributed by atoms with Crippen LogP contribution in [0.4, 0.5) is 10.1 Å². The Bertz CT molecular complexity index is 327. The lowest BCUT2D eigenvalue weighted by molar-refractivity contribution is -0.115. The number of rotatable bonds is 6. The normalized spacial score (nSPS) is 10.1. The Balaban J connectivity index is 2.26. The minimum absolute atomic E-state index is 0.104. The van der Waals surface area contributed by atoms with E-state index in [0.717, 1.165) is 0 Å². The molecule has 0 bridgehead atoms. The average Bonchev–Trinajstić information content (AvgIpc) is 2.28. The van der Waals surface area contributed by atoms with Gasteiger partial charge in [-0.25, -0.2) is 4.39 Å². The van der Waals surface area contributed by atoms with Crippen LogP contribution in [0.2, 0.25) is 0 Å². The number of aliphatic hydroxyl groups excluding tert-OH is 1. The molecule has 0 aromatic heterocycles. The Kier molecular flexibility index (Phi) is 5.45. The van der Waals surface area contributed by atoms with Gasteiger partial charge >= 0.3 is 0 Å². The van der Waals surface area contributed by atoms with E-state index in [0.29, 0.717) is 18.7 Å². The van der Waals surface area contributed by atoms with Gasteiger partial charge in [0, 0.05) is 12.3 Å². The molecule has 1 amide bonds. The molecule has 0 atom stereocenters. The molecule has 0 fully saturated rings. The summed E-state index contributed by atoms with van der Waals surface area (Å²) in [6.45, 7) is 0.872. The summed E-state index contributed by atoms with van der Waals surface area (Å²) in [7, 11) is 0. The molecule has 1 aromatic carbocycles. The number of carbonyl (C=O) groups excluding carboxylic acids is 1. The fourth-order valence-electron chi connectivity index (χ4n) is 1.14. The Morgan fingerprint density at radius 1 is 1.31 bits per heavy atom. The van der Waals surface area contributed by atoms with Crippen LogP contribution in [0, 0.1) is 5.82 Å². The fourth-order valence-corrected chi connectivity index (χ4v) is 1.14. The number of carbonyl (C=O) groups is 1. The maximum absolute atomic E-state index is 12.6. The van der Waals surface area contributed by atoms with Crippen LogP contribution in [0.15, 0.2) is 24.3 Å². The summed E-state index contributed by atoms with van der Waals surface area (Å²) in [6.07, 6.45) is 0.615. The molecule has 88 valence electrons. The molecule has 4 nitrogen and oxygen atoms in total. The third kappa shape index (κ3) is 4.86. The van der Waals surface area contributed by atoms with E-state index in [-0.39, 0.29) is 24.9 Å². The second-order valence-electron chi connectivity index (χ2n) is 3.31. The van der Waals surface area contributed by atoms with Crippen molar-refractivity contribution in [2.24, 2.45) is 0 Å². The zero-order valence-corrected chi connectivity index (χ0v) is 8.87. The van der Waals surface area contributed by atoms with Crippen LogP contribution in [0.1, 0.15) is 6.42 Å². The molecule has 1 rings (SSSR count). The molecular weight excluding hydrogens is 211 g/mol. The summed E-state index contributed by atoms with van der Waals surface area (Å²) >= 11 is 0. The summed E-state index contributed by atoms with van der Waals surface area (Å²) in [4.78, 5) is 11.3. The molecular formula is C11H15FN2O2. The number of halogens is 1. The fraction of sp³-hybridized carbons (Fsp3) is 0.364. The van der Waals surface area contributed by atoms with Gasteiger partial charge in [-0.2, -0.15) is 0 Å². The van der Waals surface area contributed by atoms with Crippen molar-refractivity contribution in [3.63, 3.8) is 0 Å². The van der Waals surface area contributed by atoms with Gasteiger partial charge in [0.05, 0.1) is 6.54 Å². The lowest BCUT2D eigenvalue weighted by Crippen LogP contribution is -2.29. The van der Waals surface area contributed by atoms with Crippen molar-refractivity contribution in [1.82, 2.24) is 5.32 Å². The van der Waals surface area contributed by atoms with Gasteiger partial charge in [0.25, 0.3) is 0 Å². The zero-order valence-electron chi connectivity index (χ0n) is 8.87. The Morgan fingerprint density at radius 3 is 2.62 bits per heavy atom. The van der Waals surface area contributed by atoms with Crippen molar-refractivity contribution >= 4 is 11.6 Å². The van der Waals surface area contributed by atoms with Crippen molar-refractivity contribution in [3.05, 3.63) is 30.1 Å². The lowest BCUT2D eigenvalue weighted by atomic mass is 10.3. The first kappa shape index (κ1) is 12.6. The predicted molar refractivity (Wildman–Crippen MR) is 59.6 cm³/mol. The van der Waals surface area contributed by atoms with E-state index in [9.17, 15) is 9.18 Å². The number of amides is 1. The van der Waals surface area contributed by atoms with Crippen molar-refractivity contribution in [1.29, 1.82) is 0 Å². The third-order valence-corrected chi connectivity index (χ3v) is 1.93. The number of aliphatic hydroxyl groups is 1. The number of anilines is 1. The zero-order chi connectivity index (χ0) is 11.8. The van der Waals surface area contributed by atoms with Gasteiger partial charge in [0.1, 0.15) is 5.82 Å². The minimum atomic E-state index is -0.334. The van der Waals surface area contributed by atoms with E-state index in [1.165, 1.54) is 24.3 Å². The number of nitrogens with one attached hydrogen (secondary N) is 2. The molecule has 0 aliphatic heterocycles. The molecule has 0 saturated carbocycles. The molecule has 0 heterocycles. The Hall–Kier alpha value is -1.46. The standard InChI is InChI=1S/C11H15FN2O2/c12-9-2-4-10(5-3-9)14-11(16)8-13-6-1-7-15/h2-5,13,15H,1,6-8H2,(H,14,16).